The molecule has 0 bridgehead atoms. The lowest BCUT2D eigenvalue weighted by molar-refractivity contribution is 0.788. The van der Waals surface area contributed by atoms with Gasteiger partial charge in [0.1, 0.15) is 6.07 Å². The van der Waals surface area contributed by atoms with Crippen molar-refractivity contribution in [1.29, 1.82) is 5.26 Å². The Labute approximate surface area is 103 Å². The van der Waals surface area contributed by atoms with E-state index in [9.17, 15) is 0 Å². The fraction of sp³-hybridized carbons (Fsp3) is 0.273. The second-order valence-electron chi connectivity index (χ2n) is 3.56. The van der Waals surface area contributed by atoms with E-state index in [1.165, 1.54) is 6.20 Å². The van der Waals surface area contributed by atoms with Crippen LogP contribution in [0.1, 0.15) is 23.4 Å². The molecule has 6 heteroatoms. The predicted molar refractivity (Wildman–Crippen MR) is 65.8 cm³/mol. The smallest absolute Gasteiger partial charge is 0.166 e. The lowest BCUT2D eigenvalue weighted by Gasteiger charge is -2.10. The molecular formula is C11H11N5S. The normalized spacial score (nSPS) is 11.8. The highest BCUT2D eigenvalue weighted by atomic mass is 32.1. The van der Waals surface area contributed by atoms with E-state index in [0.29, 0.717) is 17.9 Å². The number of nitrogens with one attached hydrogen (secondary N) is 1. The molecule has 2 rings (SSSR count). The van der Waals surface area contributed by atoms with Gasteiger partial charge < -0.3 is 5.32 Å². The van der Waals surface area contributed by atoms with E-state index in [0.717, 1.165) is 5.01 Å². The van der Waals surface area contributed by atoms with Crippen LogP contribution in [0, 0.1) is 11.3 Å². The molecule has 0 aliphatic rings. The van der Waals surface area contributed by atoms with Crippen molar-refractivity contribution in [2.45, 2.75) is 12.8 Å². The Morgan fingerprint density at radius 1 is 1.53 bits per heavy atom. The maximum absolute atomic E-state index is 8.90. The standard InChI is InChI=1S/C11H11N5S/c1-8(11-13-4-5-17-11)7-14-10-9(6-12)2-3-15-16-10/h2-5,8H,7H2,1H3,(H,14,16). The van der Waals surface area contributed by atoms with Gasteiger partial charge in [0.15, 0.2) is 5.82 Å². The predicted octanol–water partition coefficient (Wildman–Crippen LogP) is 2.02. The van der Waals surface area contributed by atoms with E-state index in [-0.39, 0.29) is 5.92 Å². The maximum atomic E-state index is 8.90. The van der Waals surface area contributed by atoms with E-state index in [2.05, 4.69) is 33.5 Å². The Morgan fingerprint density at radius 3 is 3.12 bits per heavy atom. The number of thiazole rings is 1. The summed E-state index contributed by atoms with van der Waals surface area (Å²) in [7, 11) is 0. The van der Waals surface area contributed by atoms with Crippen molar-refractivity contribution in [3.63, 3.8) is 0 Å². The molecule has 0 saturated heterocycles. The highest BCUT2D eigenvalue weighted by Gasteiger charge is 2.09. The minimum absolute atomic E-state index is 0.281. The molecule has 0 aliphatic carbocycles. The number of nitriles is 1. The molecule has 0 amide bonds. The molecule has 0 fully saturated rings. The van der Waals surface area contributed by atoms with Crippen LogP contribution in [-0.2, 0) is 0 Å². The summed E-state index contributed by atoms with van der Waals surface area (Å²) < 4.78 is 0. The molecule has 86 valence electrons. The van der Waals surface area contributed by atoms with Crippen molar-refractivity contribution in [3.05, 3.63) is 34.4 Å². The van der Waals surface area contributed by atoms with Gasteiger partial charge in [0.25, 0.3) is 0 Å². The zero-order chi connectivity index (χ0) is 12.1. The van der Waals surface area contributed by atoms with Crippen LogP contribution in [0.25, 0.3) is 0 Å². The third-order valence-electron chi connectivity index (χ3n) is 2.29. The monoisotopic (exact) mass is 245 g/mol. The first-order valence-electron chi connectivity index (χ1n) is 5.16. The Hall–Kier alpha value is -2.00. The second kappa shape index (κ2) is 5.37. The molecule has 0 aromatic carbocycles. The average Bonchev–Trinajstić information content (AvgIpc) is 2.90. The first kappa shape index (κ1) is 11.5. The Balaban J connectivity index is 2.01. The fourth-order valence-corrected chi connectivity index (χ4v) is 2.07. The number of aromatic nitrogens is 3. The Bertz CT molecular complexity index is 517. The molecule has 17 heavy (non-hydrogen) atoms. The lowest BCUT2D eigenvalue weighted by atomic mass is 10.2. The van der Waals surface area contributed by atoms with Gasteiger partial charge in [-0.2, -0.15) is 10.4 Å². The molecule has 0 saturated carbocycles. The zero-order valence-electron chi connectivity index (χ0n) is 9.29. The van der Waals surface area contributed by atoms with Crippen LogP contribution in [0.15, 0.2) is 23.8 Å². The first-order chi connectivity index (χ1) is 8.31. The summed E-state index contributed by atoms with van der Waals surface area (Å²) in [5.74, 6) is 0.807. The molecule has 5 nitrogen and oxygen atoms in total. The van der Waals surface area contributed by atoms with Crippen LogP contribution in [0.5, 0.6) is 0 Å². The minimum Gasteiger partial charge on any atom is -0.367 e. The molecule has 0 spiro atoms. The summed E-state index contributed by atoms with van der Waals surface area (Å²) in [6.07, 6.45) is 3.30. The topological polar surface area (TPSA) is 74.5 Å². The molecular weight excluding hydrogens is 234 g/mol. The van der Waals surface area contributed by atoms with Crippen LogP contribution < -0.4 is 5.32 Å². The summed E-state index contributed by atoms with van der Waals surface area (Å²) >= 11 is 1.62. The second-order valence-corrected chi connectivity index (χ2v) is 4.48. The van der Waals surface area contributed by atoms with Crippen molar-refractivity contribution in [2.75, 3.05) is 11.9 Å². The Kier molecular flexibility index (Phi) is 3.62. The van der Waals surface area contributed by atoms with E-state index in [4.69, 9.17) is 5.26 Å². The van der Waals surface area contributed by atoms with Gasteiger partial charge in [0.05, 0.1) is 16.8 Å². The average molecular weight is 245 g/mol. The minimum atomic E-state index is 0.281. The van der Waals surface area contributed by atoms with Gasteiger partial charge in [-0.05, 0) is 6.07 Å². The number of nitrogens with zero attached hydrogens (tertiary/aromatic N) is 4. The molecule has 2 heterocycles. The molecule has 0 aliphatic heterocycles. The van der Waals surface area contributed by atoms with Crippen LogP contribution in [-0.4, -0.2) is 21.7 Å². The van der Waals surface area contributed by atoms with E-state index >= 15 is 0 Å². The number of hydrogen-bond acceptors (Lipinski definition) is 6. The van der Waals surface area contributed by atoms with Crippen molar-refractivity contribution in [3.8, 4) is 6.07 Å². The van der Waals surface area contributed by atoms with Gasteiger partial charge in [0, 0.05) is 24.0 Å². The summed E-state index contributed by atoms with van der Waals surface area (Å²) in [6.45, 7) is 2.76. The molecule has 0 radical (unpaired) electrons. The largest absolute Gasteiger partial charge is 0.367 e. The first-order valence-corrected chi connectivity index (χ1v) is 6.04. The SMILES string of the molecule is CC(CNc1nnccc1C#N)c1nccs1. The lowest BCUT2D eigenvalue weighted by Crippen LogP contribution is -2.12. The summed E-state index contributed by atoms with van der Waals surface area (Å²) in [5.41, 5.74) is 0.506. The number of anilines is 1. The quantitative estimate of drug-likeness (QED) is 0.892. The van der Waals surface area contributed by atoms with Gasteiger partial charge >= 0.3 is 0 Å². The van der Waals surface area contributed by atoms with Gasteiger partial charge in [0.2, 0.25) is 0 Å². The van der Waals surface area contributed by atoms with Crippen LogP contribution in [0.2, 0.25) is 0 Å². The highest BCUT2D eigenvalue weighted by Crippen LogP contribution is 2.18. The summed E-state index contributed by atoms with van der Waals surface area (Å²) in [5, 5.41) is 22.7. The van der Waals surface area contributed by atoms with Crippen molar-refractivity contribution < 1.29 is 0 Å². The van der Waals surface area contributed by atoms with Gasteiger partial charge in [-0.1, -0.05) is 6.92 Å². The van der Waals surface area contributed by atoms with Gasteiger partial charge in [-0.25, -0.2) is 4.98 Å². The number of hydrogen-bond donors (Lipinski definition) is 1. The van der Waals surface area contributed by atoms with E-state index < -0.39 is 0 Å². The molecule has 1 unspecified atom stereocenters. The van der Waals surface area contributed by atoms with Gasteiger partial charge in [-0.15, -0.1) is 16.4 Å². The van der Waals surface area contributed by atoms with E-state index in [1.54, 1.807) is 23.6 Å². The fourth-order valence-electron chi connectivity index (χ4n) is 1.37. The zero-order valence-corrected chi connectivity index (χ0v) is 10.1. The van der Waals surface area contributed by atoms with Crippen LogP contribution in [0.4, 0.5) is 5.82 Å². The third kappa shape index (κ3) is 2.77. The maximum Gasteiger partial charge on any atom is 0.166 e. The number of rotatable bonds is 4. The molecule has 1 atom stereocenters. The summed E-state index contributed by atoms with van der Waals surface area (Å²) in [4.78, 5) is 4.25. The third-order valence-corrected chi connectivity index (χ3v) is 3.30. The highest BCUT2D eigenvalue weighted by molar-refractivity contribution is 7.09. The van der Waals surface area contributed by atoms with Crippen molar-refractivity contribution in [2.24, 2.45) is 0 Å². The van der Waals surface area contributed by atoms with E-state index in [1.807, 2.05) is 5.38 Å². The Morgan fingerprint density at radius 2 is 2.41 bits per heavy atom. The van der Waals surface area contributed by atoms with Crippen molar-refractivity contribution in [1.82, 2.24) is 15.2 Å². The van der Waals surface area contributed by atoms with Crippen molar-refractivity contribution >= 4 is 17.2 Å². The molecule has 2 aromatic rings. The molecule has 1 N–H and O–H groups in total. The summed E-state index contributed by atoms with van der Waals surface area (Å²) in [6, 6.07) is 3.72. The van der Waals surface area contributed by atoms with Crippen LogP contribution >= 0.6 is 11.3 Å². The molecule has 2 aromatic heterocycles. The van der Waals surface area contributed by atoms with Crippen LogP contribution in [0.3, 0.4) is 0 Å². The van der Waals surface area contributed by atoms with Gasteiger partial charge in [-0.3, -0.25) is 0 Å².